The van der Waals surface area contributed by atoms with E-state index in [9.17, 15) is 19.5 Å². The first-order valence-electron chi connectivity index (χ1n) is 6.62. The zero-order valence-corrected chi connectivity index (χ0v) is 11.0. The molecule has 7 heteroatoms. The molecule has 7 nitrogen and oxygen atoms in total. The van der Waals surface area contributed by atoms with Crippen molar-refractivity contribution < 1.29 is 23.9 Å². The highest BCUT2D eigenvalue weighted by molar-refractivity contribution is 5.94. The van der Waals surface area contributed by atoms with E-state index in [0.717, 1.165) is 0 Å². The van der Waals surface area contributed by atoms with Gasteiger partial charge in [0, 0.05) is 0 Å². The van der Waals surface area contributed by atoms with Gasteiger partial charge in [-0.3, -0.25) is 25.2 Å². The summed E-state index contributed by atoms with van der Waals surface area (Å²) in [5, 5.41) is 9.27. The number of carbonyl (C=O) groups excluding carboxylic acids is 2. The summed E-state index contributed by atoms with van der Waals surface area (Å²) in [5.74, 6) is -3.57. The standard InChI is InChI=1S/C14H14N2O5/c17-12(9-2-1-5-21-9)15-16-13(18)10-7-3-4-8(6-7)11(10)14(19)20/h1-5,7-8,10-11H,6H2,(H,15,17)(H,16,18)(H,19,20)/t7-,8-,10+,11-/m0/s1. The number of nitrogens with one attached hydrogen (secondary N) is 2. The smallest absolute Gasteiger partial charge is 0.307 e. The average molecular weight is 290 g/mol. The van der Waals surface area contributed by atoms with E-state index in [-0.39, 0.29) is 17.6 Å². The molecule has 3 N–H and O–H groups in total. The molecule has 0 aliphatic heterocycles. The van der Waals surface area contributed by atoms with Crippen LogP contribution in [0.5, 0.6) is 0 Å². The molecule has 0 saturated heterocycles. The van der Waals surface area contributed by atoms with Gasteiger partial charge in [-0.1, -0.05) is 12.2 Å². The lowest BCUT2D eigenvalue weighted by atomic mass is 9.82. The number of carbonyl (C=O) groups is 3. The van der Waals surface area contributed by atoms with Crippen molar-refractivity contribution in [2.75, 3.05) is 0 Å². The molecule has 2 aliphatic rings. The Kier molecular flexibility index (Phi) is 3.25. The van der Waals surface area contributed by atoms with Crippen LogP contribution in [0.15, 0.2) is 35.0 Å². The largest absolute Gasteiger partial charge is 0.481 e. The van der Waals surface area contributed by atoms with Crippen LogP contribution >= 0.6 is 0 Å². The minimum absolute atomic E-state index is 0.0675. The number of carboxylic acid groups (broad SMARTS) is 1. The third kappa shape index (κ3) is 2.31. The fourth-order valence-electron chi connectivity index (χ4n) is 3.19. The summed E-state index contributed by atoms with van der Waals surface area (Å²) in [6, 6.07) is 3.01. The van der Waals surface area contributed by atoms with E-state index in [2.05, 4.69) is 10.9 Å². The summed E-state index contributed by atoms with van der Waals surface area (Å²) in [6.07, 6.45) is 5.75. The summed E-state index contributed by atoms with van der Waals surface area (Å²) < 4.78 is 4.89. The van der Waals surface area contributed by atoms with Crippen LogP contribution < -0.4 is 10.9 Å². The number of hydrazine groups is 1. The molecule has 1 fully saturated rings. The maximum Gasteiger partial charge on any atom is 0.307 e. The van der Waals surface area contributed by atoms with Crippen LogP contribution in [0.4, 0.5) is 0 Å². The summed E-state index contributed by atoms with van der Waals surface area (Å²) in [5.41, 5.74) is 4.52. The zero-order chi connectivity index (χ0) is 15.0. The van der Waals surface area contributed by atoms with Gasteiger partial charge < -0.3 is 9.52 Å². The van der Waals surface area contributed by atoms with Gasteiger partial charge >= 0.3 is 11.9 Å². The molecule has 1 aromatic rings. The number of hydrogen-bond acceptors (Lipinski definition) is 4. The van der Waals surface area contributed by atoms with E-state index < -0.39 is 29.6 Å². The molecule has 2 amide bonds. The molecule has 110 valence electrons. The van der Waals surface area contributed by atoms with Crippen molar-refractivity contribution in [3.05, 3.63) is 36.3 Å². The fourth-order valence-corrected chi connectivity index (χ4v) is 3.19. The predicted molar refractivity (Wildman–Crippen MR) is 69.7 cm³/mol. The topological polar surface area (TPSA) is 109 Å². The van der Waals surface area contributed by atoms with E-state index in [1.165, 1.54) is 12.3 Å². The van der Waals surface area contributed by atoms with Crippen molar-refractivity contribution in [3.8, 4) is 0 Å². The molecule has 0 radical (unpaired) electrons. The van der Waals surface area contributed by atoms with Gasteiger partial charge in [-0.25, -0.2) is 0 Å². The Bertz CT molecular complexity index is 607. The SMILES string of the molecule is O=C(NNC(=O)[C@H]1[C@@H](C(=O)O)[C@H]2C=C[C@H]1C2)c1ccco1. The van der Waals surface area contributed by atoms with Gasteiger partial charge in [-0.05, 0) is 30.4 Å². The van der Waals surface area contributed by atoms with Crippen LogP contribution in [0.3, 0.4) is 0 Å². The van der Waals surface area contributed by atoms with Crippen LogP contribution in [-0.2, 0) is 9.59 Å². The second kappa shape index (κ2) is 5.08. The molecular formula is C14H14N2O5. The highest BCUT2D eigenvalue weighted by Crippen LogP contribution is 2.48. The number of rotatable bonds is 3. The first-order valence-corrected chi connectivity index (χ1v) is 6.62. The number of allylic oxidation sites excluding steroid dienone is 2. The molecule has 0 unspecified atom stereocenters. The zero-order valence-electron chi connectivity index (χ0n) is 11.0. The Morgan fingerprint density at radius 2 is 1.86 bits per heavy atom. The van der Waals surface area contributed by atoms with Crippen molar-refractivity contribution in [1.29, 1.82) is 0 Å². The van der Waals surface area contributed by atoms with Crippen molar-refractivity contribution in [2.45, 2.75) is 6.42 Å². The molecule has 21 heavy (non-hydrogen) atoms. The first kappa shape index (κ1) is 13.4. The number of carboxylic acids is 1. The van der Waals surface area contributed by atoms with Gasteiger partial charge in [-0.15, -0.1) is 0 Å². The number of hydrogen-bond donors (Lipinski definition) is 3. The third-order valence-corrected chi connectivity index (χ3v) is 4.09. The summed E-state index contributed by atoms with van der Waals surface area (Å²) in [6.45, 7) is 0. The molecule has 1 aromatic heterocycles. The summed E-state index contributed by atoms with van der Waals surface area (Å²) >= 11 is 0. The van der Waals surface area contributed by atoms with Crippen LogP contribution in [-0.4, -0.2) is 22.9 Å². The maximum absolute atomic E-state index is 12.2. The molecule has 0 spiro atoms. The van der Waals surface area contributed by atoms with Crippen molar-refractivity contribution in [1.82, 2.24) is 10.9 Å². The van der Waals surface area contributed by atoms with Gasteiger partial charge in [-0.2, -0.15) is 0 Å². The lowest BCUT2D eigenvalue weighted by molar-refractivity contribution is -0.148. The van der Waals surface area contributed by atoms with Gasteiger partial charge in [0.1, 0.15) is 0 Å². The van der Waals surface area contributed by atoms with Crippen LogP contribution in [0, 0.1) is 23.7 Å². The molecule has 0 aromatic carbocycles. The minimum Gasteiger partial charge on any atom is -0.481 e. The highest BCUT2D eigenvalue weighted by atomic mass is 16.4. The second-order valence-electron chi connectivity index (χ2n) is 5.26. The van der Waals surface area contributed by atoms with Gasteiger partial charge in [0.25, 0.3) is 0 Å². The normalized spacial score (nSPS) is 29.3. The molecule has 1 saturated carbocycles. The maximum atomic E-state index is 12.2. The molecule has 3 rings (SSSR count). The minimum atomic E-state index is -0.982. The number of amides is 2. The Morgan fingerprint density at radius 1 is 1.14 bits per heavy atom. The van der Waals surface area contributed by atoms with E-state index in [1.54, 1.807) is 6.07 Å². The van der Waals surface area contributed by atoms with Crippen molar-refractivity contribution in [3.63, 3.8) is 0 Å². The van der Waals surface area contributed by atoms with Gasteiger partial charge in [0.15, 0.2) is 5.76 Å². The van der Waals surface area contributed by atoms with Gasteiger partial charge in [0.05, 0.1) is 18.1 Å². The molecule has 4 atom stereocenters. The number of fused-ring (bicyclic) bond motifs is 2. The molecule has 2 aliphatic carbocycles. The fraction of sp³-hybridized carbons (Fsp3) is 0.357. The van der Waals surface area contributed by atoms with Gasteiger partial charge in [0.2, 0.25) is 5.91 Å². The van der Waals surface area contributed by atoms with E-state index in [0.29, 0.717) is 6.42 Å². The second-order valence-corrected chi connectivity index (χ2v) is 5.26. The third-order valence-electron chi connectivity index (χ3n) is 4.09. The van der Waals surface area contributed by atoms with Crippen LogP contribution in [0.2, 0.25) is 0 Å². The number of furan rings is 1. The van der Waals surface area contributed by atoms with Crippen LogP contribution in [0.25, 0.3) is 0 Å². The lowest BCUT2D eigenvalue weighted by Gasteiger charge is -2.23. The summed E-state index contributed by atoms with van der Waals surface area (Å²) in [4.78, 5) is 35.1. The predicted octanol–water partition coefficient (Wildman–Crippen LogP) is 0.563. The Balaban J connectivity index is 1.64. The lowest BCUT2D eigenvalue weighted by Crippen LogP contribution is -2.48. The van der Waals surface area contributed by atoms with E-state index >= 15 is 0 Å². The Morgan fingerprint density at radius 3 is 2.48 bits per heavy atom. The average Bonchev–Trinajstić information content (AvgIpc) is 3.17. The molecule has 1 heterocycles. The summed E-state index contributed by atoms with van der Waals surface area (Å²) in [7, 11) is 0. The molecule has 2 bridgehead atoms. The van der Waals surface area contributed by atoms with Crippen LogP contribution in [0.1, 0.15) is 17.0 Å². The van der Waals surface area contributed by atoms with Crippen molar-refractivity contribution >= 4 is 17.8 Å². The van der Waals surface area contributed by atoms with Crippen molar-refractivity contribution in [2.24, 2.45) is 23.7 Å². The monoisotopic (exact) mass is 290 g/mol. The Hall–Kier alpha value is -2.57. The first-order chi connectivity index (χ1) is 10.1. The highest BCUT2D eigenvalue weighted by Gasteiger charge is 2.51. The quantitative estimate of drug-likeness (QED) is 0.557. The van der Waals surface area contributed by atoms with E-state index in [1.807, 2.05) is 12.2 Å². The number of aliphatic carboxylic acids is 1. The van der Waals surface area contributed by atoms with E-state index in [4.69, 9.17) is 4.42 Å². The Labute approximate surface area is 120 Å². The molecular weight excluding hydrogens is 276 g/mol.